The Morgan fingerprint density at radius 2 is 1.82 bits per heavy atom. The van der Waals surface area contributed by atoms with Gasteiger partial charge in [0.2, 0.25) is 0 Å². The van der Waals surface area contributed by atoms with Crippen LogP contribution in [0.25, 0.3) is 0 Å². The molecule has 1 unspecified atom stereocenters. The second-order valence-corrected chi connectivity index (χ2v) is 5.36. The molecule has 1 aromatic rings. The van der Waals surface area contributed by atoms with E-state index < -0.39 is 0 Å². The Hall–Kier alpha value is -0.420. The molecule has 0 spiro atoms. The summed E-state index contributed by atoms with van der Waals surface area (Å²) in [6.07, 6.45) is 0.212. The van der Waals surface area contributed by atoms with E-state index >= 15 is 0 Å². The fourth-order valence-electron chi connectivity index (χ4n) is 1.71. The van der Waals surface area contributed by atoms with Gasteiger partial charge in [-0.25, -0.2) is 0 Å². The summed E-state index contributed by atoms with van der Waals surface area (Å²) < 4.78 is 6.76. The number of halogens is 1. The third kappa shape index (κ3) is 4.07. The first kappa shape index (κ1) is 14.6. The summed E-state index contributed by atoms with van der Waals surface area (Å²) in [5.74, 6) is 5.59. The zero-order chi connectivity index (χ0) is 13.0. The normalized spacial score (nSPS) is 13.1. The number of benzene rings is 1. The van der Waals surface area contributed by atoms with Gasteiger partial charge in [-0.1, -0.05) is 28.1 Å². The number of hydrazine groups is 1. The minimum absolute atomic E-state index is 0.0305. The first-order valence-electron chi connectivity index (χ1n) is 5.80. The van der Waals surface area contributed by atoms with Crippen LogP contribution in [-0.2, 0) is 4.74 Å². The second-order valence-electron chi connectivity index (χ2n) is 4.57. The number of ether oxygens (including phenoxy) is 1. The van der Waals surface area contributed by atoms with Crippen LogP contribution in [-0.4, -0.2) is 12.7 Å². The van der Waals surface area contributed by atoms with Crippen molar-refractivity contribution >= 4 is 15.9 Å². The van der Waals surface area contributed by atoms with Crippen molar-refractivity contribution in [2.24, 2.45) is 5.84 Å². The highest BCUT2D eigenvalue weighted by Crippen LogP contribution is 2.25. The van der Waals surface area contributed by atoms with Gasteiger partial charge in [0.15, 0.2) is 0 Å². The van der Waals surface area contributed by atoms with Crippen LogP contribution in [0.2, 0.25) is 0 Å². The zero-order valence-corrected chi connectivity index (χ0v) is 12.5. The molecule has 0 amide bonds. The van der Waals surface area contributed by atoms with E-state index in [1.165, 1.54) is 11.1 Å². The van der Waals surface area contributed by atoms with E-state index in [0.29, 0.717) is 6.61 Å². The average Bonchev–Trinajstić information content (AvgIpc) is 2.26. The number of rotatable bonds is 5. The standard InChI is InChI=1S/C13H21BrN2O/c1-8(2)17-7-12(16-15)11-5-9(3)13(14)10(4)6-11/h5-6,8,12,16H,7,15H2,1-4H3. The minimum Gasteiger partial charge on any atom is -0.377 e. The van der Waals surface area contributed by atoms with Crippen LogP contribution in [0.4, 0.5) is 0 Å². The van der Waals surface area contributed by atoms with E-state index in [9.17, 15) is 0 Å². The van der Waals surface area contributed by atoms with Crippen molar-refractivity contribution in [3.05, 3.63) is 33.3 Å². The number of hydrogen-bond acceptors (Lipinski definition) is 3. The van der Waals surface area contributed by atoms with Gasteiger partial charge in [0.1, 0.15) is 0 Å². The Kier molecular flexibility index (Phi) is 5.59. The third-order valence-corrected chi connectivity index (χ3v) is 3.91. The van der Waals surface area contributed by atoms with Gasteiger partial charge >= 0.3 is 0 Å². The molecule has 0 aromatic heterocycles. The molecule has 3 nitrogen and oxygen atoms in total. The van der Waals surface area contributed by atoms with Crippen molar-refractivity contribution in [2.75, 3.05) is 6.61 Å². The lowest BCUT2D eigenvalue weighted by Gasteiger charge is -2.19. The van der Waals surface area contributed by atoms with Gasteiger partial charge in [0, 0.05) is 4.47 Å². The quantitative estimate of drug-likeness (QED) is 0.649. The van der Waals surface area contributed by atoms with Gasteiger partial charge in [-0.2, -0.15) is 0 Å². The summed E-state index contributed by atoms with van der Waals surface area (Å²) in [4.78, 5) is 0. The average molecular weight is 301 g/mol. The molecule has 0 fully saturated rings. The van der Waals surface area contributed by atoms with Crippen LogP contribution < -0.4 is 11.3 Å². The molecule has 0 radical (unpaired) electrons. The first-order valence-corrected chi connectivity index (χ1v) is 6.59. The highest BCUT2D eigenvalue weighted by atomic mass is 79.9. The van der Waals surface area contributed by atoms with Crippen molar-refractivity contribution < 1.29 is 4.74 Å². The van der Waals surface area contributed by atoms with Crippen LogP contribution >= 0.6 is 15.9 Å². The van der Waals surface area contributed by atoms with Gasteiger partial charge in [-0.15, -0.1) is 0 Å². The Balaban J connectivity index is 2.88. The molecule has 0 bridgehead atoms. The molecule has 0 aliphatic heterocycles. The molecule has 3 N–H and O–H groups in total. The molecule has 0 saturated carbocycles. The molecule has 1 rings (SSSR count). The van der Waals surface area contributed by atoms with E-state index in [1.54, 1.807) is 0 Å². The predicted molar refractivity (Wildman–Crippen MR) is 74.8 cm³/mol. The highest BCUT2D eigenvalue weighted by Gasteiger charge is 2.13. The van der Waals surface area contributed by atoms with E-state index in [-0.39, 0.29) is 12.1 Å². The molecule has 4 heteroatoms. The van der Waals surface area contributed by atoms with Crippen molar-refractivity contribution in [3.63, 3.8) is 0 Å². The number of nitrogens with one attached hydrogen (secondary N) is 1. The van der Waals surface area contributed by atoms with Crippen LogP contribution in [0.15, 0.2) is 16.6 Å². The van der Waals surface area contributed by atoms with Crippen LogP contribution in [0.1, 0.15) is 36.6 Å². The predicted octanol–water partition coefficient (Wildman–Crippen LogP) is 3.00. The fourth-order valence-corrected chi connectivity index (χ4v) is 1.94. The van der Waals surface area contributed by atoms with Crippen LogP contribution in [0.5, 0.6) is 0 Å². The Bertz CT molecular complexity index is 357. The van der Waals surface area contributed by atoms with Crippen LogP contribution in [0, 0.1) is 13.8 Å². The van der Waals surface area contributed by atoms with Crippen molar-refractivity contribution in [1.82, 2.24) is 5.43 Å². The smallest absolute Gasteiger partial charge is 0.0694 e. The van der Waals surface area contributed by atoms with Crippen molar-refractivity contribution in [3.8, 4) is 0 Å². The lowest BCUT2D eigenvalue weighted by molar-refractivity contribution is 0.0611. The van der Waals surface area contributed by atoms with E-state index in [2.05, 4.69) is 47.3 Å². The van der Waals surface area contributed by atoms with Crippen molar-refractivity contribution in [2.45, 2.75) is 39.8 Å². The molecule has 96 valence electrons. The summed E-state index contributed by atoms with van der Waals surface area (Å²) in [6, 6.07) is 4.29. The summed E-state index contributed by atoms with van der Waals surface area (Å²) >= 11 is 3.56. The maximum Gasteiger partial charge on any atom is 0.0694 e. The summed E-state index contributed by atoms with van der Waals surface area (Å²) in [5.41, 5.74) is 6.39. The fraction of sp³-hybridized carbons (Fsp3) is 0.538. The van der Waals surface area contributed by atoms with E-state index in [4.69, 9.17) is 10.6 Å². The zero-order valence-electron chi connectivity index (χ0n) is 10.9. The molecule has 17 heavy (non-hydrogen) atoms. The maximum atomic E-state index is 5.61. The SMILES string of the molecule is Cc1cc(C(COC(C)C)NN)cc(C)c1Br. The largest absolute Gasteiger partial charge is 0.377 e. The van der Waals surface area contributed by atoms with Crippen molar-refractivity contribution in [1.29, 1.82) is 0 Å². The summed E-state index contributed by atoms with van der Waals surface area (Å²) in [6.45, 7) is 8.78. The van der Waals surface area contributed by atoms with Gasteiger partial charge < -0.3 is 4.74 Å². The van der Waals surface area contributed by atoms with E-state index in [1.807, 2.05) is 13.8 Å². The van der Waals surface area contributed by atoms with Gasteiger partial charge in [-0.05, 0) is 44.4 Å². The number of nitrogens with two attached hydrogens (primary N) is 1. The molecule has 1 aromatic carbocycles. The maximum absolute atomic E-state index is 5.61. The Morgan fingerprint density at radius 3 is 2.24 bits per heavy atom. The Labute approximate surface area is 112 Å². The second kappa shape index (κ2) is 6.50. The number of hydrogen-bond donors (Lipinski definition) is 2. The van der Waals surface area contributed by atoms with Gasteiger partial charge in [0.05, 0.1) is 18.8 Å². The molecule has 0 heterocycles. The molecule has 0 aliphatic rings. The van der Waals surface area contributed by atoms with Crippen LogP contribution in [0.3, 0.4) is 0 Å². The third-order valence-electron chi connectivity index (χ3n) is 2.66. The molecule has 1 atom stereocenters. The van der Waals surface area contributed by atoms with Gasteiger partial charge in [-0.3, -0.25) is 11.3 Å². The minimum atomic E-state index is 0.0305. The molecular weight excluding hydrogens is 280 g/mol. The topological polar surface area (TPSA) is 47.3 Å². The summed E-state index contributed by atoms with van der Waals surface area (Å²) in [5, 5.41) is 0. The van der Waals surface area contributed by atoms with E-state index in [0.717, 1.165) is 10.0 Å². The number of aryl methyl sites for hydroxylation is 2. The first-order chi connectivity index (χ1) is 7.95. The molecule has 0 saturated heterocycles. The highest BCUT2D eigenvalue weighted by molar-refractivity contribution is 9.10. The Morgan fingerprint density at radius 1 is 1.29 bits per heavy atom. The van der Waals surface area contributed by atoms with Gasteiger partial charge in [0.25, 0.3) is 0 Å². The summed E-state index contributed by atoms with van der Waals surface area (Å²) in [7, 11) is 0. The monoisotopic (exact) mass is 300 g/mol. The molecular formula is C13H21BrN2O. The molecule has 0 aliphatic carbocycles. The lowest BCUT2D eigenvalue weighted by atomic mass is 10.0. The lowest BCUT2D eigenvalue weighted by Crippen LogP contribution is -2.32.